The monoisotopic (exact) mass is 704 g/mol. The summed E-state index contributed by atoms with van der Waals surface area (Å²) in [6.45, 7) is 11.0. The number of imidazole rings is 1. The van der Waals surface area contributed by atoms with Gasteiger partial charge < -0.3 is 19.4 Å². The van der Waals surface area contributed by atoms with Gasteiger partial charge in [-0.3, -0.25) is 9.69 Å². The van der Waals surface area contributed by atoms with Crippen LogP contribution >= 0.6 is 12.6 Å². The van der Waals surface area contributed by atoms with Crippen LogP contribution in [0.15, 0.2) is 97.3 Å². The van der Waals surface area contributed by atoms with Crippen molar-refractivity contribution < 1.29 is 19.1 Å². The van der Waals surface area contributed by atoms with Crippen LogP contribution in [0, 0.1) is 12.8 Å². The number of carbonyl (C=O) groups is 2. The van der Waals surface area contributed by atoms with Crippen molar-refractivity contribution in [1.82, 2.24) is 19.8 Å². The Morgan fingerprint density at radius 1 is 0.961 bits per heavy atom. The van der Waals surface area contributed by atoms with Crippen LogP contribution in [0.4, 0.5) is 0 Å². The number of hydrogen-bond acceptors (Lipinski definition) is 7. The average Bonchev–Trinajstić information content (AvgIpc) is 3.58. The predicted octanol–water partition coefficient (Wildman–Crippen LogP) is 7.41. The van der Waals surface area contributed by atoms with E-state index in [-0.39, 0.29) is 29.9 Å². The Balaban J connectivity index is 1.19. The summed E-state index contributed by atoms with van der Waals surface area (Å²) in [5, 5.41) is 3.20. The van der Waals surface area contributed by atoms with Gasteiger partial charge in [-0.25, -0.2) is 9.78 Å². The summed E-state index contributed by atoms with van der Waals surface area (Å²) in [4.78, 5) is 33.9. The maximum absolute atomic E-state index is 13.6. The Hall–Kier alpha value is -4.44. The molecule has 6 rings (SSSR count). The zero-order valence-corrected chi connectivity index (χ0v) is 30.6. The van der Waals surface area contributed by atoms with Gasteiger partial charge in [0, 0.05) is 37.0 Å². The second-order valence-electron chi connectivity index (χ2n) is 13.7. The molecule has 1 N–H and O–H groups in total. The molecule has 1 aliphatic rings. The number of hydrogen-bond donors (Lipinski definition) is 2. The topological polar surface area (TPSA) is 85.7 Å². The van der Waals surface area contributed by atoms with E-state index in [1.54, 1.807) is 0 Å². The summed E-state index contributed by atoms with van der Waals surface area (Å²) >= 11 is 4.53. The molecule has 2 heterocycles. The molecule has 0 spiro atoms. The first kappa shape index (κ1) is 36.4. The van der Waals surface area contributed by atoms with Crippen LogP contribution in [0.1, 0.15) is 63.7 Å². The number of fused-ring (bicyclic) bond motifs is 1. The van der Waals surface area contributed by atoms with Gasteiger partial charge in [-0.1, -0.05) is 86.6 Å². The number of amides is 1. The molecule has 9 heteroatoms. The van der Waals surface area contributed by atoms with Gasteiger partial charge >= 0.3 is 5.97 Å². The molecular formula is C42H48N4O4S. The minimum absolute atomic E-state index is 0.0308. The van der Waals surface area contributed by atoms with Gasteiger partial charge in [-0.2, -0.15) is 12.6 Å². The SMILES string of the molecule is Cc1cc(C(=O)N[C@@H](CS)Cc2ccccc2)cc2c1ncn2C(c1ccc(-c2ccccc2C(=O)OCCCN2CCOCC2)cc1)C(C)C. The molecular weight excluding hydrogens is 657 g/mol. The summed E-state index contributed by atoms with van der Waals surface area (Å²) in [5.41, 5.74) is 7.95. The molecule has 0 saturated carbocycles. The van der Waals surface area contributed by atoms with E-state index in [2.05, 4.69) is 77.7 Å². The van der Waals surface area contributed by atoms with E-state index >= 15 is 0 Å². The van der Waals surface area contributed by atoms with Crippen molar-refractivity contribution in [3.63, 3.8) is 0 Å². The van der Waals surface area contributed by atoms with E-state index in [4.69, 9.17) is 14.5 Å². The first-order valence-corrected chi connectivity index (χ1v) is 18.5. The second kappa shape index (κ2) is 17.2. The van der Waals surface area contributed by atoms with Crippen molar-refractivity contribution in [3.8, 4) is 11.1 Å². The van der Waals surface area contributed by atoms with Crippen molar-refractivity contribution in [2.24, 2.45) is 5.92 Å². The van der Waals surface area contributed by atoms with E-state index in [0.717, 1.165) is 78.1 Å². The zero-order chi connectivity index (χ0) is 35.7. The smallest absolute Gasteiger partial charge is 0.338 e. The van der Waals surface area contributed by atoms with Crippen LogP contribution in [-0.2, 0) is 15.9 Å². The largest absolute Gasteiger partial charge is 0.462 e. The first-order valence-electron chi connectivity index (χ1n) is 17.9. The highest BCUT2D eigenvalue weighted by Gasteiger charge is 2.23. The highest BCUT2D eigenvalue weighted by atomic mass is 32.1. The van der Waals surface area contributed by atoms with Crippen LogP contribution < -0.4 is 5.32 Å². The summed E-state index contributed by atoms with van der Waals surface area (Å²) in [7, 11) is 0. The molecule has 8 nitrogen and oxygen atoms in total. The number of thiol groups is 1. The number of nitrogens with one attached hydrogen (secondary N) is 1. The molecule has 1 aliphatic heterocycles. The molecule has 5 aromatic rings. The minimum atomic E-state index is -0.308. The lowest BCUT2D eigenvalue weighted by Gasteiger charge is -2.26. The van der Waals surface area contributed by atoms with Gasteiger partial charge in [-0.15, -0.1) is 0 Å². The van der Waals surface area contributed by atoms with Crippen LogP contribution in [0.2, 0.25) is 0 Å². The van der Waals surface area contributed by atoms with E-state index in [1.165, 1.54) is 0 Å². The number of morpholine rings is 1. The maximum atomic E-state index is 13.6. The minimum Gasteiger partial charge on any atom is -0.462 e. The Bertz CT molecular complexity index is 1920. The molecule has 0 aliphatic carbocycles. The van der Waals surface area contributed by atoms with Crippen molar-refractivity contribution in [3.05, 3.63) is 125 Å². The lowest BCUT2D eigenvalue weighted by atomic mass is 9.92. The van der Waals surface area contributed by atoms with Gasteiger partial charge in [-0.05, 0) is 71.7 Å². The number of carbonyl (C=O) groups excluding carboxylic acids is 2. The number of aromatic nitrogens is 2. The molecule has 4 aromatic carbocycles. The Morgan fingerprint density at radius 3 is 2.41 bits per heavy atom. The number of benzene rings is 4. The summed E-state index contributed by atoms with van der Waals surface area (Å²) in [6.07, 6.45) is 3.38. The number of ether oxygens (including phenoxy) is 2. The van der Waals surface area contributed by atoms with Crippen molar-refractivity contribution >= 4 is 35.5 Å². The fourth-order valence-corrected chi connectivity index (χ4v) is 7.20. The molecule has 1 amide bonds. The fourth-order valence-electron chi connectivity index (χ4n) is 6.98. The standard InChI is InChI=1S/C42H48N4O4S/c1-29(2)40(46-28-43-39-30(3)24-34(26-38(39)46)41(47)44-35(27-51)25-31-10-5-4-6-11-31)33-16-14-32(15-17-33)36-12-7-8-13-37(36)42(48)50-21-9-18-45-19-22-49-23-20-45/h4-8,10-17,24,26,28-29,35,40,51H,9,18-23,25,27H2,1-3H3,(H,44,47)/t35-,40?/m1/s1. The third kappa shape index (κ3) is 8.90. The predicted molar refractivity (Wildman–Crippen MR) is 207 cm³/mol. The number of rotatable bonds is 14. The zero-order valence-electron chi connectivity index (χ0n) is 29.8. The number of nitrogens with zero attached hydrogens (tertiary/aromatic N) is 3. The maximum Gasteiger partial charge on any atom is 0.338 e. The summed E-state index contributed by atoms with van der Waals surface area (Å²) < 4.78 is 13.3. The number of esters is 1. The molecule has 2 atom stereocenters. The molecule has 51 heavy (non-hydrogen) atoms. The summed E-state index contributed by atoms with van der Waals surface area (Å²) in [6, 6.07) is 29.9. The van der Waals surface area contributed by atoms with Crippen LogP contribution in [0.3, 0.4) is 0 Å². The molecule has 0 radical (unpaired) electrons. The van der Waals surface area contributed by atoms with Gasteiger partial charge in [0.2, 0.25) is 0 Å². The normalized spacial score (nSPS) is 14.8. The molecule has 1 unspecified atom stereocenters. The van der Waals surface area contributed by atoms with Gasteiger partial charge in [0.25, 0.3) is 5.91 Å². The third-order valence-corrected chi connectivity index (χ3v) is 10.1. The fraction of sp³-hybridized carbons (Fsp3) is 0.357. The van der Waals surface area contributed by atoms with Crippen LogP contribution in [0.5, 0.6) is 0 Å². The average molecular weight is 705 g/mol. The number of aryl methyl sites for hydroxylation is 1. The quantitative estimate of drug-likeness (QED) is 0.0712. The highest BCUT2D eigenvalue weighted by Crippen LogP contribution is 2.33. The van der Waals surface area contributed by atoms with E-state index in [9.17, 15) is 9.59 Å². The summed E-state index contributed by atoms with van der Waals surface area (Å²) in [5.74, 6) is 0.330. The molecule has 1 fully saturated rings. The Labute approximate surface area is 306 Å². The van der Waals surface area contributed by atoms with Gasteiger partial charge in [0.1, 0.15) is 0 Å². The van der Waals surface area contributed by atoms with Crippen LogP contribution in [0.25, 0.3) is 22.2 Å². The molecule has 1 saturated heterocycles. The van der Waals surface area contributed by atoms with E-state index < -0.39 is 0 Å². The van der Waals surface area contributed by atoms with Gasteiger partial charge in [0.15, 0.2) is 0 Å². The van der Waals surface area contributed by atoms with Gasteiger partial charge in [0.05, 0.1) is 48.8 Å². The Morgan fingerprint density at radius 2 is 1.69 bits per heavy atom. The van der Waals surface area contributed by atoms with Crippen molar-refractivity contribution in [2.45, 2.75) is 45.7 Å². The lowest BCUT2D eigenvalue weighted by Crippen LogP contribution is -2.37. The van der Waals surface area contributed by atoms with Crippen LogP contribution in [-0.4, -0.2) is 77.6 Å². The van der Waals surface area contributed by atoms with E-state index in [0.29, 0.717) is 29.9 Å². The third-order valence-electron chi connectivity index (χ3n) is 9.61. The first-order chi connectivity index (χ1) is 24.8. The van der Waals surface area contributed by atoms with Crippen molar-refractivity contribution in [2.75, 3.05) is 45.2 Å². The molecule has 1 aromatic heterocycles. The molecule has 0 bridgehead atoms. The molecule has 266 valence electrons. The Kier molecular flexibility index (Phi) is 12.2. The van der Waals surface area contributed by atoms with E-state index in [1.807, 2.05) is 67.8 Å². The van der Waals surface area contributed by atoms with Crippen molar-refractivity contribution in [1.29, 1.82) is 0 Å². The highest BCUT2D eigenvalue weighted by molar-refractivity contribution is 7.80. The second-order valence-corrected chi connectivity index (χ2v) is 14.0. The lowest BCUT2D eigenvalue weighted by molar-refractivity contribution is 0.0298.